The number of hydrogen-bond acceptors (Lipinski definition) is 4. The van der Waals surface area contributed by atoms with Crippen LogP contribution in [-0.2, 0) is 17.7 Å². The lowest BCUT2D eigenvalue weighted by Gasteiger charge is -2.38. The number of likely N-dealkylation sites (tertiary alicyclic amines) is 1. The van der Waals surface area contributed by atoms with E-state index in [1.54, 1.807) is 6.07 Å². The number of anilines is 1. The van der Waals surface area contributed by atoms with E-state index in [2.05, 4.69) is 16.0 Å². The van der Waals surface area contributed by atoms with Gasteiger partial charge in [0, 0.05) is 31.8 Å². The maximum atomic E-state index is 11.9. The molecule has 1 saturated heterocycles. The van der Waals surface area contributed by atoms with Crippen molar-refractivity contribution in [1.82, 2.24) is 14.5 Å². The molecule has 33 heavy (non-hydrogen) atoms. The molecule has 0 spiro atoms. The number of para-hydroxylation sites is 2. The van der Waals surface area contributed by atoms with Crippen LogP contribution in [0, 0.1) is 0 Å². The number of piperidine rings is 1. The fourth-order valence-electron chi connectivity index (χ4n) is 4.46. The van der Waals surface area contributed by atoms with Crippen LogP contribution in [0.1, 0.15) is 25.3 Å². The van der Waals surface area contributed by atoms with Crippen LogP contribution in [0.5, 0.6) is 0 Å². The van der Waals surface area contributed by atoms with Crippen LogP contribution in [0.2, 0.25) is 10.0 Å². The number of nitrogens with zero attached hydrogens (tertiary/aromatic N) is 3. The number of carbonyl (C=O) groups is 1. The smallest absolute Gasteiger partial charge is 0.407 e. The second-order valence-corrected chi connectivity index (χ2v) is 9.04. The normalized spacial score (nSPS) is 18.6. The van der Waals surface area contributed by atoms with Crippen molar-refractivity contribution in [2.75, 3.05) is 25.1 Å². The second kappa shape index (κ2) is 10.6. The van der Waals surface area contributed by atoms with E-state index < -0.39 is 6.09 Å². The molecule has 3 aromatic rings. The highest BCUT2D eigenvalue weighted by atomic mass is 35.5. The summed E-state index contributed by atoms with van der Waals surface area (Å²) in [4.78, 5) is 18.2. The molecule has 2 N–H and O–H groups in total. The first-order valence-corrected chi connectivity index (χ1v) is 11.9. The molecule has 2 atom stereocenters. The molecule has 2 aromatic carbocycles. The van der Waals surface area contributed by atoms with E-state index in [1.807, 2.05) is 37.3 Å². The van der Waals surface area contributed by atoms with Crippen LogP contribution in [0.4, 0.5) is 10.7 Å². The van der Waals surface area contributed by atoms with Gasteiger partial charge in [0.15, 0.2) is 0 Å². The Morgan fingerprint density at radius 1 is 1.24 bits per heavy atom. The molecule has 9 heteroatoms. The van der Waals surface area contributed by atoms with E-state index in [0.717, 1.165) is 22.5 Å². The van der Waals surface area contributed by atoms with Gasteiger partial charge < -0.3 is 24.6 Å². The topological polar surface area (TPSA) is 79.6 Å². The molecular weight excluding hydrogens is 463 g/mol. The Labute approximate surface area is 203 Å². The SMILES string of the molecule is CCOCCn1c(N[C@@H]2CCN(C(=O)O)[C@H](Cc3ccc(Cl)c(Cl)c3)C2)nc2ccccc21. The van der Waals surface area contributed by atoms with Crippen LogP contribution in [0.3, 0.4) is 0 Å². The van der Waals surface area contributed by atoms with Crippen molar-refractivity contribution >= 4 is 46.3 Å². The van der Waals surface area contributed by atoms with Gasteiger partial charge in [0.05, 0.1) is 27.7 Å². The molecule has 0 unspecified atom stereocenters. The highest BCUT2D eigenvalue weighted by Crippen LogP contribution is 2.28. The Morgan fingerprint density at radius 2 is 2.06 bits per heavy atom. The Morgan fingerprint density at radius 3 is 2.82 bits per heavy atom. The van der Waals surface area contributed by atoms with Crippen LogP contribution in [0.25, 0.3) is 11.0 Å². The predicted molar refractivity (Wildman–Crippen MR) is 132 cm³/mol. The standard InChI is InChI=1S/C24H28Cl2N4O3/c1-2-33-12-11-30-22-6-4-3-5-21(22)28-23(30)27-17-9-10-29(24(31)32)18(15-17)13-16-7-8-19(25)20(26)14-16/h3-8,14,17-18H,2,9-13,15H2,1H3,(H,27,28)(H,31,32)/t17-,18-/m1/s1. The molecule has 7 nitrogen and oxygen atoms in total. The molecule has 1 amide bonds. The first-order valence-electron chi connectivity index (χ1n) is 11.2. The third-order valence-corrected chi connectivity index (χ3v) is 6.81. The molecule has 4 rings (SSSR count). The second-order valence-electron chi connectivity index (χ2n) is 8.22. The van der Waals surface area contributed by atoms with Gasteiger partial charge in [-0.05, 0) is 56.0 Å². The van der Waals surface area contributed by atoms with Gasteiger partial charge in [-0.1, -0.05) is 41.4 Å². The average molecular weight is 491 g/mol. The number of aromatic nitrogens is 2. The quantitative estimate of drug-likeness (QED) is 0.404. The third kappa shape index (κ3) is 5.54. The number of imidazole rings is 1. The summed E-state index contributed by atoms with van der Waals surface area (Å²) in [7, 11) is 0. The summed E-state index contributed by atoms with van der Waals surface area (Å²) in [6.45, 7) is 4.40. The number of nitrogens with one attached hydrogen (secondary N) is 1. The lowest BCUT2D eigenvalue weighted by atomic mass is 9.92. The molecule has 176 valence electrons. The van der Waals surface area contributed by atoms with E-state index in [0.29, 0.717) is 55.6 Å². The molecule has 0 saturated carbocycles. The maximum Gasteiger partial charge on any atom is 0.407 e. The number of halogens is 2. The zero-order valence-electron chi connectivity index (χ0n) is 18.5. The number of amides is 1. The molecule has 2 heterocycles. The molecule has 0 radical (unpaired) electrons. The minimum atomic E-state index is -0.900. The van der Waals surface area contributed by atoms with Crippen molar-refractivity contribution in [3.63, 3.8) is 0 Å². The van der Waals surface area contributed by atoms with Crippen molar-refractivity contribution < 1.29 is 14.6 Å². The van der Waals surface area contributed by atoms with E-state index >= 15 is 0 Å². The van der Waals surface area contributed by atoms with Gasteiger partial charge in [0.1, 0.15) is 0 Å². The van der Waals surface area contributed by atoms with Crippen molar-refractivity contribution in [3.8, 4) is 0 Å². The van der Waals surface area contributed by atoms with Gasteiger partial charge in [-0.15, -0.1) is 0 Å². The van der Waals surface area contributed by atoms with Gasteiger partial charge in [-0.3, -0.25) is 0 Å². The van der Waals surface area contributed by atoms with E-state index in [1.165, 1.54) is 4.90 Å². The molecule has 0 bridgehead atoms. The van der Waals surface area contributed by atoms with Gasteiger partial charge in [0.25, 0.3) is 0 Å². The molecule has 1 fully saturated rings. The van der Waals surface area contributed by atoms with Gasteiger partial charge in [-0.2, -0.15) is 0 Å². The highest BCUT2D eigenvalue weighted by molar-refractivity contribution is 6.42. The Bertz CT molecular complexity index is 1120. The fourth-order valence-corrected chi connectivity index (χ4v) is 4.78. The van der Waals surface area contributed by atoms with Gasteiger partial charge in [0.2, 0.25) is 5.95 Å². The monoisotopic (exact) mass is 490 g/mol. The van der Waals surface area contributed by atoms with Gasteiger partial charge >= 0.3 is 6.09 Å². The first-order chi connectivity index (χ1) is 16.0. The number of ether oxygens (including phenoxy) is 1. The zero-order valence-corrected chi connectivity index (χ0v) is 20.0. The van der Waals surface area contributed by atoms with E-state index in [4.69, 9.17) is 32.9 Å². The minimum Gasteiger partial charge on any atom is -0.465 e. The lowest BCUT2D eigenvalue weighted by molar-refractivity contribution is 0.103. The first kappa shape index (κ1) is 23.7. The summed E-state index contributed by atoms with van der Waals surface area (Å²) in [5.74, 6) is 0.790. The third-order valence-electron chi connectivity index (χ3n) is 6.07. The molecule has 1 aromatic heterocycles. The lowest BCUT2D eigenvalue weighted by Crippen LogP contribution is -2.49. The largest absolute Gasteiger partial charge is 0.465 e. The summed E-state index contributed by atoms with van der Waals surface area (Å²) in [6.07, 6.45) is 1.05. The summed E-state index contributed by atoms with van der Waals surface area (Å²) in [5.41, 5.74) is 2.94. The van der Waals surface area contributed by atoms with Crippen molar-refractivity contribution in [2.24, 2.45) is 0 Å². The summed E-state index contributed by atoms with van der Waals surface area (Å²) in [6, 6.07) is 13.4. The van der Waals surface area contributed by atoms with Crippen LogP contribution in [0.15, 0.2) is 42.5 Å². The minimum absolute atomic E-state index is 0.0935. The van der Waals surface area contributed by atoms with Crippen LogP contribution < -0.4 is 5.32 Å². The van der Waals surface area contributed by atoms with Crippen molar-refractivity contribution in [1.29, 1.82) is 0 Å². The number of fused-ring (bicyclic) bond motifs is 1. The summed E-state index contributed by atoms with van der Waals surface area (Å²) < 4.78 is 7.72. The van der Waals surface area contributed by atoms with Crippen molar-refractivity contribution in [3.05, 3.63) is 58.1 Å². The fraction of sp³-hybridized carbons (Fsp3) is 0.417. The Balaban J connectivity index is 1.53. The van der Waals surface area contributed by atoms with E-state index in [-0.39, 0.29) is 12.1 Å². The summed E-state index contributed by atoms with van der Waals surface area (Å²) in [5, 5.41) is 14.3. The molecular formula is C24H28Cl2N4O3. The van der Waals surface area contributed by atoms with Crippen molar-refractivity contribution in [2.45, 2.75) is 44.8 Å². The Hall–Kier alpha value is -2.48. The number of rotatable bonds is 8. The molecule has 1 aliphatic rings. The van der Waals surface area contributed by atoms with Crippen LogP contribution >= 0.6 is 23.2 Å². The highest BCUT2D eigenvalue weighted by Gasteiger charge is 2.32. The molecule has 0 aliphatic carbocycles. The van der Waals surface area contributed by atoms with Gasteiger partial charge in [-0.25, -0.2) is 9.78 Å². The summed E-state index contributed by atoms with van der Waals surface area (Å²) >= 11 is 12.2. The number of carboxylic acid groups (broad SMARTS) is 1. The van der Waals surface area contributed by atoms with E-state index in [9.17, 15) is 9.90 Å². The van der Waals surface area contributed by atoms with Crippen LogP contribution in [-0.4, -0.2) is 57.5 Å². The molecule has 1 aliphatic heterocycles. The number of benzene rings is 2. The Kier molecular flexibility index (Phi) is 7.63. The average Bonchev–Trinajstić information content (AvgIpc) is 3.13. The zero-order chi connectivity index (χ0) is 23.4. The number of hydrogen-bond donors (Lipinski definition) is 2. The predicted octanol–water partition coefficient (Wildman–Crippen LogP) is 5.55. The maximum absolute atomic E-state index is 11.9.